The molecule has 7 heteroatoms. The van der Waals surface area contributed by atoms with Crippen molar-refractivity contribution in [1.29, 1.82) is 0 Å². The van der Waals surface area contributed by atoms with Crippen molar-refractivity contribution in [3.8, 4) is 0 Å². The molecular formula is C17H14ClFN2O2S. The van der Waals surface area contributed by atoms with E-state index in [1.54, 1.807) is 17.4 Å². The van der Waals surface area contributed by atoms with E-state index >= 15 is 0 Å². The van der Waals surface area contributed by atoms with Crippen molar-refractivity contribution < 1.29 is 14.0 Å². The number of carbonyl (C=O) groups is 2. The fraction of sp³-hybridized carbons (Fsp3) is 0.294. The number of fused-ring (bicyclic) bond motifs is 2. The van der Waals surface area contributed by atoms with E-state index in [1.807, 2.05) is 11.4 Å². The maximum absolute atomic E-state index is 14.0. The predicted molar refractivity (Wildman–Crippen MR) is 89.4 cm³/mol. The number of benzene rings is 1. The van der Waals surface area contributed by atoms with Gasteiger partial charge in [0.05, 0.1) is 6.54 Å². The van der Waals surface area contributed by atoms with Gasteiger partial charge in [-0.1, -0.05) is 17.7 Å². The Morgan fingerprint density at radius 2 is 2.17 bits per heavy atom. The molecule has 4 nitrogen and oxygen atoms in total. The van der Waals surface area contributed by atoms with Crippen LogP contribution in [-0.4, -0.2) is 16.8 Å². The third-order valence-electron chi connectivity index (χ3n) is 4.71. The zero-order valence-corrected chi connectivity index (χ0v) is 14.2. The number of hydrogen-bond donors (Lipinski definition) is 1. The second kappa shape index (κ2) is 5.57. The number of halogens is 2. The van der Waals surface area contributed by atoms with Crippen LogP contribution in [0.5, 0.6) is 0 Å². The molecule has 1 fully saturated rings. The standard InChI is InChI=1S/C17H14ClFN2O2S/c18-12-3-1-4-13(19)10(12)9-21-15(22)17(20-16(21)23)7-2-5-14-11(17)6-8-24-14/h1,3-4,6,8H,2,5,7,9H2,(H,20,23)/t17-/m1/s1. The molecule has 4 rings (SSSR count). The summed E-state index contributed by atoms with van der Waals surface area (Å²) in [5.74, 6) is -0.852. The van der Waals surface area contributed by atoms with Crippen LogP contribution in [0.2, 0.25) is 5.02 Å². The average Bonchev–Trinajstić information content (AvgIpc) is 3.11. The number of amides is 3. The van der Waals surface area contributed by atoms with Gasteiger partial charge in [0, 0.05) is 21.0 Å². The van der Waals surface area contributed by atoms with Gasteiger partial charge in [-0.2, -0.15) is 0 Å². The van der Waals surface area contributed by atoms with Crippen LogP contribution in [0, 0.1) is 5.82 Å². The minimum absolute atomic E-state index is 0.154. The normalized spacial score (nSPS) is 22.8. The molecule has 124 valence electrons. The van der Waals surface area contributed by atoms with Crippen LogP contribution in [0.1, 0.15) is 28.8 Å². The lowest BCUT2D eigenvalue weighted by atomic mass is 9.80. The van der Waals surface area contributed by atoms with Gasteiger partial charge in [0.2, 0.25) is 0 Å². The molecule has 0 bridgehead atoms. The summed E-state index contributed by atoms with van der Waals surface area (Å²) in [6.07, 6.45) is 2.30. The topological polar surface area (TPSA) is 49.4 Å². The van der Waals surface area contributed by atoms with Crippen LogP contribution in [-0.2, 0) is 23.3 Å². The number of nitrogens with zero attached hydrogens (tertiary/aromatic N) is 1. The smallest absolute Gasteiger partial charge is 0.319 e. The zero-order chi connectivity index (χ0) is 16.9. The summed E-state index contributed by atoms with van der Waals surface area (Å²) >= 11 is 7.63. The van der Waals surface area contributed by atoms with Crippen LogP contribution < -0.4 is 5.32 Å². The van der Waals surface area contributed by atoms with E-state index in [4.69, 9.17) is 11.6 Å². The first-order chi connectivity index (χ1) is 11.5. The van der Waals surface area contributed by atoms with Gasteiger partial charge >= 0.3 is 6.03 Å². The summed E-state index contributed by atoms with van der Waals surface area (Å²) in [5, 5.41) is 4.99. The molecule has 3 amide bonds. The first kappa shape index (κ1) is 15.6. The van der Waals surface area contributed by atoms with E-state index in [-0.39, 0.29) is 23.0 Å². The number of carbonyl (C=O) groups excluding carboxylic acids is 2. The molecule has 1 aliphatic carbocycles. The van der Waals surface area contributed by atoms with Gasteiger partial charge in [-0.25, -0.2) is 9.18 Å². The monoisotopic (exact) mass is 364 g/mol. The molecule has 1 atom stereocenters. The van der Waals surface area contributed by atoms with Crippen LogP contribution in [0.15, 0.2) is 29.6 Å². The number of imide groups is 1. The molecule has 2 heterocycles. The minimum atomic E-state index is -1.01. The van der Waals surface area contributed by atoms with Crippen molar-refractivity contribution in [2.24, 2.45) is 0 Å². The summed E-state index contributed by atoms with van der Waals surface area (Å²) in [4.78, 5) is 27.7. The summed E-state index contributed by atoms with van der Waals surface area (Å²) < 4.78 is 14.0. The van der Waals surface area contributed by atoms with Crippen molar-refractivity contribution in [1.82, 2.24) is 10.2 Å². The molecule has 1 aromatic heterocycles. The van der Waals surface area contributed by atoms with E-state index in [0.717, 1.165) is 28.2 Å². The van der Waals surface area contributed by atoms with E-state index in [0.29, 0.717) is 6.42 Å². The number of aryl methyl sites for hydroxylation is 1. The molecule has 1 aliphatic heterocycles. The third-order valence-corrected chi connectivity index (χ3v) is 6.05. The second-order valence-electron chi connectivity index (χ2n) is 6.04. The molecule has 1 saturated heterocycles. The summed E-state index contributed by atoms with van der Waals surface area (Å²) in [6, 6.07) is 5.71. The highest BCUT2D eigenvalue weighted by Crippen LogP contribution is 2.42. The lowest BCUT2D eigenvalue weighted by Gasteiger charge is -2.31. The molecule has 2 aromatic rings. The summed E-state index contributed by atoms with van der Waals surface area (Å²) in [6.45, 7) is -0.169. The first-order valence-corrected chi connectivity index (χ1v) is 8.92. The van der Waals surface area contributed by atoms with E-state index < -0.39 is 17.4 Å². The molecule has 1 aromatic carbocycles. The maximum Gasteiger partial charge on any atom is 0.325 e. The Balaban J connectivity index is 1.71. The Hall–Kier alpha value is -1.92. The van der Waals surface area contributed by atoms with Gasteiger partial charge in [-0.3, -0.25) is 9.69 Å². The second-order valence-corrected chi connectivity index (χ2v) is 7.45. The summed E-state index contributed by atoms with van der Waals surface area (Å²) in [7, 11) is 0. The van der Waals surface area contributed by atoms with Gasteiger partial charge in [-0.05, 0) is 42.8 Å². The number of urea groups is 1. The highest BCUT2D eigenvalue weighted by molar-refractivity contribution is 7.10. The number of thiophene rings is 1. The minimum Gasteiger partial charge on any atom is -0.319 e. The van der Waals surface area contributed by atoms with Gasteiger partial charge in [0.15, 0.2) is 0 Å². The van der Waals surface area contributed by atoms with Crippen LogP contribution in [0.4, 0.5) is 9.18 Å². The number of hydrogen-bond acceptors (Lipinski definition) is 3. The van der Waals surface area contributed by atoms with Gasteiger partial charge < -0.3 is 5.32 Å². The lowest BCUT2D eigenvalue weighted by molar-refractivity contribution is -0.132. The Morgan fingerprint density at radius 1 is 1.33 bits per heavy atom. The van der Waals surface area contributed by atoms with Gasteiger partial charge in [-0.15, -0.1) is 11.3 Å². The van der Waals surface area contributed by atoms with Crippen molar-refractivity contribution in [3.63, 3.8) is 0 Å². The SMILES string of the molecule is O=C1N[C@@]2(CCCc3sccc32)C(=O)N1Cc1c(F)cccc1Cl. The molecule has 24 heavy (non-hydrogen) atoms. The Labute approximate surface area is 147 Å². The van der Waals surface area contributed by atoms with E-state index in [9.17, 15) is 14.0 Å². The van der Waals surface area contributed by atoms with Gasteiger partial charge in [0.25, 0.3) is 5.91 Å². The Kier molecular flexibility index (Phi) is 3.62. The zero-order valence-electron chi connectivity index (χ0n) is 12.6. The van der Waals surface area contributed by atoms with Crippen LogP contribution in [0.3, 0.4) is 0 Å². The number of rotatable bonds is 2. The molecule has 2 aliphatic rings. The highest BCUT2D eigenvalue weighted by Gasteiger charge is 2.54. The number of nitrogens with one attached hydrogen (secondary N) is 1. The van der Waals surface area contributed by atoms with E-state index in [1.165, 1.54) is 12.1 Å². The van der Waals surface area contributed by atoms with Crippen molar-refractivity contribution in [3.05, 3.63) is 56.5 Å². The lowest BCUT2D eigenvalue weighted by Crippen LogP contribution is -2.46. The van der Waals surface area contributed by atoms with E-state index in [2.05, 4.69) is 5.32 Å². The molecule has 0 radical (unpaired) electrons. The quantitative estimate of drug-likeness (QED) is 0.823. The Bertz CT molecular complexity index is 833. The van der Waals surface area contributed by atoms with Crippen LogP contribution in [0.25, 0.3) is 0 Å². The molecule has 1 spiro atoms. The van der Waals surface area contributed by atoms with Crippen molar-refractivity contribution in [2.45, 2.75) is 31.3 Å². The summed E-state index contributed by atoms with van der Waals surface area (Å²) in [5.41, 5.74) is 0.0165. The van der Waals surface area contributed by atoms with Gasteiger partial charge in [0.1, 0.15) is 11.4 Å². The molecule has 0 unspecified atom stereocenters. The molecular weight excluding hydrogens is 351 g/mol. The maximum atomic E-state index is 14.0. The third kappa shape index (κ3) is 2.17. The average molecular weight is 365 g/mol. The fourth-order valence-electron chi connectivity index (χ4n) is 3.53. The fourth-order valence-corrected chi connectivity index (χ4v) is 4.75. The Morgan fingerprint density at radius 3 is 2.96 bits per heavy atom. The van der Waals surface area contributed by atoms with Crippen LogP contribution >= 0.6 is 22.9 Å². The predicted octanol–water partition coefficient (Wildman–Crippen LogP) is 3.82. The first-order valence-electron chi connectivity index (χ1n) is 7.67. The highest BCUT2D eigenvalue weighted by atomic mass is 35.5. The van der Waals surface area contributed by atoms with Crippen molar-refractivity contribution >= 4 is 34.9 Å². The molecule has 1 N–H and O–H groups in total. The van der Waals surface area contributed by atoms with Crippen molar-refractivity contribution in [2.75, 3.05) is 0 Å². The molecule has 0 saturated carbocycles. The largest absolute Gasteiger partial charge is 0.325 e.